The Morgan fingerprint density at radius 2 is 1.33 bits per heavy atom. The van der Waals surface area contributed by atoms with E-state index in [1.165, 1.54) is 23.2 Å². The maximum absolute atomic E-state index is 11.4. The van der Waals surface area contributed by atoms with Crippen molar-refractivity contribution in [3.8, 4) is 0 Å². The summed E-state index contributed by atoms with van der Waals surface area (Å²) in [6.07, 6.45) is 2.55. The Bertz CT molecular complexity index is 769. The van der Waals surface area contributed by atoms with Crippen molar-refractivity contribution in [3.63, 3.8) is 0 Å². The van der Waals surface area contributed by atoms with E-state index in [2.05, 4.69) is 9.97 Å². The molecule has 0 aliphatic heterocycles. The third kappa shape index (κ3) is 5.79. The minimum Gasteiger partial charge on any atom is -0.478 e. The van der Waals surface area contributed by atoms with Crippen LogP contribution >= 0.6 is 46.4 Å². The van der Waals surface area contributed by atoms with Crippen molar-refractivity contribution in [1.82, 2.24) is 14.9 Å². The highest BCUT2D eigenvalue weighted by atomic mass is 35.5. The predicted molar refractivity (Wildman–Crippen MR) is 93.5 cm³/mol. The highest BCUT2D eigenvalue weighted by Crippen LogP contribution is 2.20. The predicted octanol–water partition coefficient (Wildman–Crippen LogP) is 4.18. The lowest BCUT2D eigenvalue weighted by molar-refractivity contribution is 0.0696. The molecule has 0 atom stereocenters. The molecule has 0 saturated heterocycles. The Morgan fingerprint density at radius 1 is 0.917 bits per heavy atom. The smallest absolute Gasteiger partial charge is 0.337 e. The zero-order chi connectivity index (χ0) is 18.4. The molecule has 2 heterocycles. The molecule has 2 rings (SSSR count). The van der Waals surface area contributed by atoms with Crippen molar-refractivity contribution in [3.05, 3.63) is 56.0 Å². The molecular weight excluding hydrogens is 400 g/mol. The van der Waals surface area contributed by atoms with Crippen LogP contribution < -0.4 is 0 Å². The van der Waals surface area contributed by atoms with Crippen LogP contribution in [0.2, 0.25) is 20.4 Å². The van der Waals surface area contributed by atoms with Gasteiger partial charge in [-0.1, -0.05) is 46.4 Å². The zero-order valence-electron chi connectivity index (χ0n) is 12.4. The summed E-state index contributed by atoms with van der Waals surface area (Å²) in [6.45, 7) is 0. The summed E-state index contributed by atoms with van der Waals surface area (Å²) in [5.41, 5.74) is 0.457. The number of pyridine rings is 2. The van der Waals surface area contributed by atoms with Crippen molar-refractivity contribution in [2.45, 2.75) is 0 Å². The van der Waals surface area contributed by atoms with Gasteiger partial charge in [0, 0.05) is 26.5 Å². The monoisotopic (exact) mass is 409 g/mol. The molecule has 0 aromatic carbocycles. The van der Waals surface area contributed by atoms with E-state index in [0.29, 0.717) is 5.56 Å². The second-order valence-electron chi connectivity index (χ2n) is 4.50. The number of aromatic carboxylic acids is 1. The van der Waals surface area contributed by atoms with Crippen LogP contribution in [0, 0.1) is 0 Å². The maximum Gasteiger partial charge on any atom is 0.337 e. The second-order valence-corrected chi connectivity index (χ2v) is 6.03. The third-order valence-corrected chi connectivity index (χ3v) is 3.86. The lowest BCUT2D eigenvalue weighted by Crippen LogP contribution is -2.21. The van der Waals surface area contributed by atoms with Crippen molar-refractivity contribution >= 4 is 58.3 Å². The molecule has 1 N–H and O–H groups in total. The first-order valence-corrected chi connectivity index (χ1v) is 7.71. The summed E-state index contributed by atoms with van der Waals surface area (Å²) in [6, 6.07) is 2.75. The van der Waals surface area contributed by atoms with Crippen LogP contribution in [0.5, 0.6) is 0 Å². The Balaban J connectivity index is 0.000000243. The number of amides is 1. The number of nitrogens with zero attached hydrogens (tertiary/aromatic N) is 3. The molecule has 0 unspecified atom stereocenters. The number of carboxylic acid groups (broad SMARTS) is 1. The van der Waals surface area contributed by atoms with Crippen molar-refractivity contribution in [2.24, 2.45) is 0 Å². The molecule has 2 aromatic heterocycles. The van der Waals surface area contributed by atoms with E-state index in [0.717, 1.165) is 6.20 Å². The largest absolute Gasteiger partial charge is 0.478 e. The maximum atomic E-state index is 11.4. The summed E-state index contributed by atoms with van der Waals surface area (Å²) in [5.74, 6) is -1.22. The Kier molecular flexibility index (Phi) is 7.69. The Morgan fingerprint density at radius 3 is 1.71 bits per heavy atom. The zero-order valence-corrected chi connectivity index (χ0v) is 15.5. The van der Waals surface area contributed by atoms with Gasteiger partial charge in [0.25, 0.3) is 5.91 Å². The lowest BCUT2D eigenvalue weighted by atomic mass is 10.2. The number of hydrogen-bond acceptors (Lipinski definition) is 4. The molecule has 6 nitrogen and oxygen atoms in total. The number of aromatic nitrogens is 2. The molecule has 0 aliphatic rings. The van der Waals surface area contributed by atoms with Gasteiger partial charge in [0.1, 0.15) is 10.3 Å². The van der Waals surface area contributed by atoms with Crippen LogP contribution in [0.15, 0.2) is 24.5 Å². The van der Waals surface area contributed by atoms with Crippen molar-refractivity contribution in [1.29, 1.82) is 0 Å². The number of carbonyl (C=O) groups is 2. The summed E-state index contributed by atoms with van der Waals surface area (Å²) in [5, 5.41) is 9.20. The molecule has 24 heavy (non-hydrogen) atoms. The number of halogens is 4. The van der Waals surface area contributed by atoms with Crippen molar-refractivity contribution < 1.29 is 14.7 Å². The third-order valence-electron chi connectivity index (χ3n) is 2.49. The molecule has 1 amide bonds. The molecule has 128 valence electrons. The van der Waals surface area contributed by atoms with Gasteiger partial charge in [0.15, 0.2) is 0 Å². The second kappa shape index (κ2) is 9.03. The van der Waals surface area contributed by atoms with Gasteiger partial charge in [-0.3, -0.25) is 4.79 Å². The van der Waals surface area contributed by atoms with Gasteiger partial charge >= 0.3 is 5.97 Å². The minimum atomic E-state index is -1.07. The highest BCUT2D eigenvalue weighted by molar-refractivity contribution is 6.41. The molecule has 0 spiro atoms. The number of hydrogen-bond donors (Lipinski definition) is 1. The molecule has 0 radical (unpaired) electrons. The normalized spacial score (nSPS) is 9.75. The SMILES string of the molecule is CN(C)C(=O)c1cnc(Cl)c(Cl)c1.O=C(O)c1cnc(Cl)c(Cl)c1. The molecule has 10 heteroatoms. The molecule has 0 bridgehead atoms. The van der Waals surface area contributed by atoms with Crippen LogP contribution in [-0.4, -0.2) is 45.9 Å². The lowest BCUT2D eigenvalue weighted by Gasteiger charge is -2.09. The number of carbonyl (C=O) groups excluding carboxylic acids is 1. The van der Waals surface area contributed by atoms with Gasteiger partial charge in [0.2, 0.25) is 0 Å². The van der Waals surface area contributed by atoms with Gasteiger partial charge in [-0.05, 0) is 12.1 Å². The van der Waals surface area contributed by atoms with E-state index >= 15 is 0 Å². The number of rotatable bonds is 2. The van der Waals surface area contributed by atoms with E-state index in [9.17, 15) is 9.59 Å². The molecular formula is C14H11Cl4N3O3. The van der Waals surface area contributed by atoms with Gasteiger partial charge in [-0.2, -0.15) is 0 Å². The summed E-state index contributed by atoms with van der Waals surface area (Å²) >= 11 is 22.2. The molecule has 0 saturated carbocycles. The van der Waals surface area contributed by atoms with Gasteiger partial charge in [0.05, 0.1) is 21.2 Å². The first-order valence-electron chi connectivity index (χ1n) is 6.20. The summed E-state index contributed by atoms with van der Waals surface area (Å²) in [4.78, 5) is 30.5. The standard InChI is InChI=1S/C8H8Cl2N2O.C6H3Cl2NO2/c1-12(2)8(13)5-3-6(9)7(10)11-4-5;7-4-1-3(6(10)11)2-9-5(4)8/h3-4H,1-2H3;1-2H,(H,10,11). The van der Waals surface area contributed by atoms with E-state index in [1.807, 2.05) is 0 Å². The van der Waals surface area contributed by atoms with Crippen molar-refractivity contribution in [2.75, 3.05) is 14.1 Å². The van der Waals surface area contributed by atoms with Gasteiger partial charge < -0.3 is 10.0 Å². The average Bonchev–Trinajstić information content (AvgIpc) is 2.52. The van der Waals surface area contributed by atoms with Crippen LogP contribution in [0.4, 0.5) is 0 Å². The highest BCUT2D eigenvalue weighted by Gasteiger charge is 2.10. The Labute approximate surface area is 157 Å². The van der Waals surface area contributed by atoms with E-state index in [1.54, 1.807) is 14.1 Å². The molecule has 0 fully saturated rings. The van der Waals surface area contributed by atoms with Crippen LogP contribution in [0.3, 0.4) is 0 Å². The van der Waals surface area contributed by atoms with E-state index in [-0.39, 0.29) is 31.8 Å². The molecule has 2 aromatic rings. The number of carboxylic acids is 1. The van der Waals surface area contributed by atoms with Crippen LogP contribution in [0.25, 0.3) is 0 Å². The first kappa shape index (κ1) is 20.4. The first-order chi connectivity index (χ1) is 11.1. The fraction of sp³-hybridized carbons (Fsp3) is 0.143. The van der Waals surface area contributed by atoms with E-state index < -0.39 is 5.97 Å². The summed E-state index contributed by atoms with van der Waals surface area (Å²) < 4.78 is 0. The van der Waals surface area contributed by atoms with Gasteiger partial charge in [-0.15, -0.1) is 0 Å². The van der Waals surface area contributed by atoms with Crippen LogP contribution in [0.1, 0.15) is 20.7 Å². The quantitative estimate of drug-likeness (QED) is 0.750. The fourth-order valence-corrected chi connectivity index (χ4v) is 1.87. The minimum absolute atomic E-state index is 0.0272. The molecule has 0 aliphatic carbocycles. The Hall–Kier alpha value is -1.60. The fourth-order valence-electron chi connectivity index (χ4n) is 1.33. The van der Waals surface area contributed by atoms with Crippen LogP contribution in [-0.2, 0) is 0 Å². The summed E-state index contributed by atoms with van der Waals surface area (Å²) in [7, 11) is 3.32. The van der Waals surface area contributed by atoms with E-state index in [4.69, 9.17) is 51.5 Å². The average molecular weight is 411 g/mol. The topological polar surface area (TPSA) is 83.4 Å². The van der Waals surface area contributed by atoms with Gasteiger partial charge in [-0.25, -0.2) is 14.8 Å².